The molecule has 0 aliphatic carbocycles. The minimum atomic E-state index is -4.30. The summed E-state index contributed by atoms with van der Waals surface area (Å²) in [5, 5.41) is 9.17. The monoisotopic (exact) mass is 359 g/mol. The highest BCUT2D eigenvalue weighted by Gasteiger charge is 2.35. The van der Waals surface area contributed by atoms with Gasteiger partial charge in [-0.05, 0) is 52.1 Å². The van der Waals surface area contributed by atoms with E-state index in [2.05, 4.69) is 23.9 Å². The summed E-state index contributed by atoms with van der Waals surface area (Å²) in [6.07, 6.45) is 3.05. The number of halogens is 3. The van der Waals surface area contributed by atoms with Crippen molar-refractivity contribution in [1.29, 1.82) is 0 Å². The molecule has 2 saturated heterocycles. The quantitative estimate of drug-likeness (QED) is 0.832. The largest absolute Gasteiger partial charge is 0.418 e. The maximum atomic E-state index is 12.7. The van der Waals surface area contributed by atoms with Gasteiger partial charge in [-0.3, -0.25) is 4.98 Å². The minimum Gasteiger partial charge on any atom is -0.393 e. The van der Waals surface area contributed by atoms with Crippen molar-refractivity contribution in [2.24, 2.45) is 0 Å². The molecule has 1 N–H and O–H groups in total. The zero-order valence-electron chi connectivity index (χ0n) is 15.0. The first-order valence-corrected chi connectivity index (χ1v) is 8.93. The van der Waals surface area contributed by atoms with Gasteiger partial charge in [0.15, 0.2) is 0 Å². The van der Waals surface area contributed by atoms with Crippen LogP contribution in [0.5, 0.6) is 0 Å². The smallest absolute Gasteiger partial charge is 0.393 e. The van der Waals surface area contributed by atoms with Crippen LogP contribution in [0, 0.1) is 0 Å². The highest BCUT2D eigenvalue weighted by atomic mass is 19.4. The molecule has 0 saturated carbocycles. The molecule has 2 aliphatic heterocycles. The Bertz CT molecular complexity index is 533. The van der Waals surface area contributed by atoms with Crippen LogP contribution < -0.4 is 4.90 Å². The molecular weight excluding hydrogens is 331 g/mol. The maximum absolute atomic E-state index is 12.7. The van der Waals surface area contributed by atoms with Crippen molar-refractivity contribution in [2.75, 3.05) is 31.6 Å². The number of anilines is 1. The number of nitrogens with zero attached hydrogens (tertiary/aromatic N) is 3. The number of alkyl halides is 3. The highest BCUT2D eigenvalue weighted by Crippen LogP contribution is 2.36. The number of aromatic nitrogens is 1. The first kappa shape index (κ1) is 20.0. The van der Waals surface area contributed by atoms with Crippen LogP contribution in [0.2, 0.25) is 0 Å². The topological polar surface area (TPSA) is 39.6 Å². The predicted octanol–water partition coefficient (Wildman–Crippen LogP) is 3.55. The molecular formula is C18H28F3N3O. The van der Waals surface area contributed by atoms with Crippen LogP contribution >= 0.6 is 0 Å². The zero-order chi connectivity index (χ0) is 18.4. The summed E-state index contributed by atoms with van der Waals surface area (Å²) in [6.45, 7) is 4.58. The van der Waals surface area contributed by atoms with Crippen LogP contribution in [0.3, 0.4) is 0 Å². The Kier molecular flexibility index (Phi) is 7.07. The van der Waals surface area contributed by atoms with Gasteiger partial charge in [0, 0.05) is 31.9 Å². The number of pyridine rings is 1. The molecule has 2 aliphatic rings. The minimum absolute atomic E-state index is 0.0452. The lowest BCUT2D eigenvalue weighted by Gasteiger charge is -2.32. The van der Waals surface area contributed by atoms with E-state index < -0.39 is 11.7 Å². The van der Waals surface area contributed by atoms with Gasteiger partial charge in [0.25, 0.3) is 0 Å². The van der Waals surface area contributed by atoms with Gasteiger partial charge in [-0.2, -0.15) is 13.2 Å². The van der Waals surface area contributed by atoms with E-state index in [9.17, 15) is 18.3 Å². The van der Waals surface area contributed by atoms with Gasteiger partial charge < -0.3 is 14.9 Å². The highest BCUT2D eigenvalue weighted by molar-refractivity contribution is 5.53. The van der Waals surface area contributed by atoms with E-state index in [4.69, 9.17) is 0 Å². The van der Waals surface area contributed by atoms with Gasteiger partial charge in [-0.1, -0.05) is 0 Å². The summed E-state index contributed by atoms with van der Waals surface area (Å²) < 4.78 is 38.2. The Balaban J connectivity index is 0.000000212. The molecule has 4 nitrogen and oxygen atoms in total. The fraction of sp³-hybridized carbons (Fsp3) is 0.722. The lowest BCUT2D eigenvalue weighted by atomic mass is 10.0. The summed E-state index contributed by atoms with van der Waals surface area (Å²) in [7, 11) is 2.11. The average molecular weight is 359 g/mol. The van der Waals surface area contributed by atoms with Crippen LogP contribution in [-0.4, -0.2) is 53.8 Å². The normalized spacial score (nSPS) is 25.3. The van der Waals surface area contributed by atoms with Gasteiger partial charge in [0.1, 0.15) is 0 Å². The molecule has 2 unspecified atom stereocenters. The van der Waals surface area contributed by atoms with Crippen molar-refractivity contribution in [1.82, 2.24) is 9.88 Å². The molecule has 1 aromatic rings. The first-order valence-electron chi connectivity index (χ1n) is 8.93. The molecule has 0 bridgehead atoms. The number of aliphatic hydroxyl groups is 1. The van der Waals surface area contributed by atoms with Crippen LogP contribution in [-0.2, 0) is 6.18 Å². The molecule has 0 amide bonds. The SMILES string of the molecule is CC1CC(O)CCN1C.FC(F)(F)c1ccncc1N1CCCCC1. The third kappa shape index (κ3) is 5.85. The third-order valence-corrected chi connectivity index (χ3v) is 4.98. The zero-order valence-corrected chi connectivity index (χ0v) is 15.0. The summed E-state index contributed by atoms with van der Waals surface area (Å²) >= 11 is 0. The second-order valence-corrected chi connectivity index (χ2v) is 6.95. The van der Waals surface area contributed by atoms with Crippen molar-refractivity contribution in [3.05, 3.63) is 24.0 Å². The van der Waals surface area contributed by atoms with Crippen LogP contribution in [0.1, 0.15) is 44.6 Å². The van der Waals surface area contributed by atoms with E-state index >= 15 is 0 Å². The van der Waals surface area contributed by atoms with E-state index in [0.717, 1.165) is 44.7 Å². The van der Waals surface area contributed by atoms with Crippen molar-refractivity contribution in [3.8, 4) is 0 Å². The van der Waals surface area contributed by atoms with Gasteiger partial charge in [-0.25, -0.2) is 0 Å². The standard InChI is InChI=1S/C11H13F3N2.C7H15NO/c12-11(13,14)9-4-5-15-8-10(9)16-6-2-1-3-7-16;1-6-5-7(9)3-4-8(6)2/h4-5,8H,1-3,6-7H2;6-7,9H,3-5H2,1-2H3. The van der Waals surface area contributed by atoms with Crippen LogP contribution in [0.15, 0.2) is 18.5 Å². The average Bonchev–Trinajstić information content (AvgIpc) is 2.59. The fourth-order valence-electron chi connectivity index (χ4n) is 3.28. The van der Waals surface area contributed by atoms with Gasteiger partial charge >= 0.3 is 6.18 Å². The maximum Gasteiger partial charge on any atom is 0.418 e. The van der Waals surface area contributed by atoms with Crippen molar-refractivity contribution < 1.29 is 18.3 Å². The number of hydrogen-bond acceptors (Lipinski definition) is 4. The van der Waals surface area contributed by atoms with Crippen LogP contribution in [0.25, 0.3) is 0 Å². The van der Waals surface area contributed by atoms with E-state index in [1.165, 1.54) is 12.4 Å². The van der Waals surface area contributed by atoms with E-state index in [1.807, 2.05) is 0 Å². The molecule has 25 heavy (non-hydrogen) atoms. The molecule has 3 heterocycles. The lowest BCUT2D eigenvalue weighted by molar-refractivity contribution is -0.137. The van der Waals surface area contributed by atoms with Crippen LogP contribution in [0.4, 0.5) is 18.9 Å². The van der Waals surface area contributed by atoms with Crippen molar-refractivity contribution in [2.45, 2.75) is 57.3 Å². The lowest BCUT2D eigenvalue weighted by Crippen LogP contribution is -2.39. The summed E-state index contributed by atoms with van der Waals surface area (Å²) in [4.78, 5) is 7.85. The Morgan fingerprint density at radius 3 is 2.40 bits per heavy atom. The number of rotatable bonds is 1. The Hall–Kier alpha value is -1.34. The second-order valence-electron chi connectivity index (χ2n) is 6.95. The summed E-state index contributed by atoms with van der Waals surface area (Å²) in [5.74, 6) is 0. The molecule has 142 valence electrons. The number of hydrogen-bond donors (Lipinski definition) is 1. The van der Waals surface area contributed by atoms with Gasteiger partial charge in [-0.15, -0.1) is 0 Å². The predicted molar refractivity (Wildman–Crippen MR) is 92.6 cm³/mol. The molecule has 0 aromatic carbocycles. The number of aliphatic hydroxyl groups excluding tert-OH is 1. The number of piperidine rings is 2. The summed E-state index contributed by atoms with van der Waals surface area (Å²) in [6, 6.07) is 1.61. The Morgan fingerprint density at radius 1 is 1.16 bits per heavy atom. The van der Waals surface area contributed by atoms with Gasteiger partial charge in [0.05, 0.1) is 23.6 Å². The second kappa shape index (κ2) is 8.85. The molecule has 3 rings (SSSR count). The van der Waals surface area contributed by atoms with E-state index in [1.54, 1.807) is 4.90 Å². The first-order chi connectivity index (χ1) is 11.8. The molecule has 7 heteroatoms. The molecule has 0 spiro atoms. The molecule has 1 aromatic heterocycles. The Morgan fingerprint density at radius 2 is 1.84 bits per heavy atom. The fourth-order valence-corrected chi connectivity index (χ4v) is 3.28. The van der Waals surface area contributed by atoms with E-state index in [-0.39, 0.29) is 11.8 Å². The molecule has 2 atom stereocenters. The van der Waals surface area contributed by atoms with Crippen molar-refractivity contribution in [3.63, 3.8) is 0 Å². The van der Waals surface area contributed by atoms with Gasteiger partial charge in [0.2, 0.25) is 0 Å². The molecule has 0 radical (unpaired) electrons. The van der Waals surface area contributed by atoms with Crippen molar-refractivity contribution >= 4 is 5.69 Å². The molecule has 2 fully saturated rings. The third-order valence-electron chi connectivity index (χ3n) is 4.98. The Labute approximate surface area is 147 Å². The summed E-state index contributed by atoms with van der Waals surface area (Å²) in [5.41, 5.74) is -0.362. The number of likely N-dealkylation sites (tertiary alicyclic amines) is 1. The van der Waals surface area contributed by atoms with E-state index in [0.29, 0.717) is 19.1 Å².